The lowest BCUT2D eigenvalue weighted by Gasteiger charge is -2.64. The second kappa shape index (κ2) is 5.16. The van der Waals surface area contributed by atoms with Crippen molar-refractivity contribution in [3.63, 3.8) is 0 Å². The van der Waals surface area contributed by atoms with E-state index in [2.05, 4.69) is 26.8 Å². The van der Waals surface area contributed by atoms with E-state index in [9.17, 15) is 9.90 Å². The average molecular weight is 359 g/mol. The zero-order valence-electron chi connectivity index (χ0n) is 16.6. The molecule has 0 amide bonds. The second-order valence-electron chi connectivity index (χ2n) is 10.8. The van der Waals surface area contributed by atoms with Crippen molar-refractivity contribution in [2.24, 2.45) is 28.1 Å². The minimum absolute atomic E-state index is 0.0261. The Bertz CT molecular complexity index is 683. The Labute approximate surface area is 157 Å². The van der Waals surface area contributed by atoms with Gasteiger partial charge < -0.3 is 9.84 Å². The van der Waals surface area contributed by atoms with Crippen LogP contribution in [0.3, 0.4) is 0 Å². The molecule has 7 unspecified atom stereocenters. The van der Waals surface area contributed by atoms with E-state index in [0.717, 1.165) is 38.5 Å². The number of carbonyl (C=O) groups excluding carboxylic acids is 1. The summed E-state index contributed by atoms with van der Waals surface area (Å²) in [5.74, 6) is 1.37. The Morgan fingerprint density at radius 2 is 1.81 bits per heavy atom. The maximum atomic E-state index is 12.0. The molecule has 0 aromatic carbocycles. The van der Waals surface area contributed by atoms with E-state index < -0.39 is 0 Å². The van der Waals surface area contributed by atoms with Crippen molar-refractivity contribution < 1.29 is 14.6 Å². The normalized spacial score (nSPS) is 55.8. The number of ether oxygens (including phenoxy) is 1. The van der Waals surface area contributed by atoms with Gasteiger partial charge in [0.05, 0.1) is 6.10 Å². The summed E-state index contributed by atoms with van der Waals surface area (Å²) in [5.41, 5.74) is 2.04. The van der Waals surface area contributed by atoms with Crippen LogP contribution in [-0.2, 0) is 9.53 Å². The van der Waals surface area contributed by atoms with Gasteiger partial charge in [-0.05, 0) is 80.5 Å². The number of hydrogen-bond acceptors (Lipinski definition) is 3. The fourth-order valence-electron chi connectivity index (χ4n) is 8.58. The second-order valence-corrected chi connectivity index (χ2v) is 10.8. The average Bonchev–Trinajstić information content (AvgIpc) is 3.10. The first-order valence-electron chi connectivity index (χ1n) is 10.8. The number of esters is 1. The Kier molecular flexibility index (Phi) is 3.43. The first kappa shape index (κ1) is 17.3. The third kappa shape index (κ3) is 1.91. The maximum Gasteiger partial charge on any atom is 0.306 e. The van der Waals surface area contributed by atoms with Gasteiger partial charge in [0.2, 0.25) is 0 Å². The zero-order chi connectivity index (χ0) is 18.4. The number of carbonyl (C=O) groups is 1. The molecule has 0 aromatic heterocycles. The van der Waals surface area contributed by atoms with E-state index in [-0.39, 0.29) is 28.5 Å². The molecule has 5 rings (SSSR count). The van der Waals surface area contributed by atoms with Gasteiger partial charge in [-0.25, -0.2) is 0 Å². The predicted octanol–water partition coefficient (Wildman–Crippen LogP) is 4.78. The van der Waals surface area contributed by atoms with Crippen LogP contribution in [0.1, 0.15) is 85.0 Å². The van der Waals surface area contributed by atoms with Crippen molar-refractivity contribution >= 4 is 5.97 Å². The van der Waals surface area contributed by atoms with Crippen molar-refractivity contribution in [2.45, 2.75) is 96.7 Å². The molecule has 1 spiro atoms. The summed E-state index contributed by atoms with van der Waals surface area (Å²) in [6, 6.07) is 0. The summed E-state index contributed by atoms with van der Waals surface area (Å²) in [6.45, 7) is 7.46. The van der Waals surface area contributed by atoms with E-state index in [0.29, 0.717) is 23.7 Å². The Balaban J connectivity index is 1.54. The number of aliphatic hydroxyl groups excluding tert-OH is 1. The van der Waals surface area contributed by atoms with Gasteiger partial charge in [-0.2, -0.15) is 0 Å². The smallest absolute Gasteiger partial charge is 0.306 e. The molecule has 1 heterocycles. The largest absolute Gasteiger partial charge is 0.458 e. The minimum atomic E-state index is -0.184. The summed E-state index contributed by atoms with van der Waals surface area (Å²) >= 11 is 0. The van der Waals surface area contributed by atoms with Crippen LogP contribution < -0.4 is 0 Å². The van der Waals surface area contributed by atoms with Gasteiger partial charge >= 0.3 is 5.97 Å². The van der Waals surface area contributed by atoms with Crippen molar-refractivity contribution in [2.75, 3.05) is 0 Å². The zero-order valence-corrected chi connectivity index (χ0v) is 16.6. The molecule has 26 heavy (non-hydrogen) atoms. The summed E-state index contributed by atoms with van der Waals surface area (Å²) in [4.78, 5) is 12.0. The lowest BCUT2D eigenvalue weighted by atomic mass is 9.41. The third-order valence-corrected chi connectivity index (χ3v) is 9.98. The number of fused-ring (bicyclic) bond motifs is 6. The Hall–Kier alpha value is -0.830. The highest BCUT2D eigenvalue weighted by Gasteiger charge is 2.70. The molecule has 4 fully saturated rings. The molecule has 0 aromatic rings. The van der Waals surface area contributed by atoms with Gasteiger partial charge in [0.15, 0.2) is 0 Å². The lowest BCUT2D eigenvalue weighted by molar-refractivity contribution is -0.178. The van der Waals surface area contributed by atoms with Crippen LogP contribution in [0.25, 0.3) is 0 Å². The fourth-order valence-corrected chi connectivity index (χ4v) is 8.58. The van der Waals surface area contributed by atoms with E-state index in [1.165, 1.54) is 24.8 Å². The van der Waals surface area contributed by atoms with Gasteiger partial charge in [-0.3, -0.25) is 4.79 Å². The van der Waals surface area contributed by atoms with E-state index in [1.54, 1.807) is 0 Å². The van der Waals surface area contributed by atoms with E-state index in [1.807, 2.05) is 0 Å². The number of rotatable bonds is 0. The molecule has 1 saturated heterocycles. The summed E-state index contributed by atoms with van der Waals surface area (Å²) < 4.78 is 6.07. The van der Waals surface area contributed by atoms with Crippen LogP contribution in [0.15, 0.2) is 11.6 Å². The molecule has 3 heteroatoms. The van der Waals surface area contributed by atoms with Gasteiger partial charge in [-0.1, -0.05) is 32.4 Å². The van der Waals surface area contributed by atoms with Crippen LogP contribution in [-0.4, -0.2) is 22.8 Å². The monoisotopic (exact) mass is 358 g/mol. The summed E-state index contributed by atoms with van der Waals surface area (Å²) in [6.07, 6.45) is 12.7. The Morgan fingerprint density at radius 3 is 2.54 bits per heavy atom. The van der Waals surface area contributed by atoms with Crippen molar-refractivity contribution in [3.05, 3.63) is 11.6 Å². The van der Waals surface area contributed by atoms with Crippen LogP contribution in [0.4, 0.5) is 0 Å². The molecule has 3 saturated carbocycles. The molecule has 0 radical (unpaired) electrons. The highest BCUT2D eigenvalue weighted by atomic mass is 16.6. The number of hydrogen-bond donors (Lipinski definition) is 1. The van der Waals surface area contributed by atoms with Crippen molar-refractivity contribution in [1.82, 2.24) is 0 Å². The van der Waals surface area contributed by atoms with E-state index >= 15 is 0 Å². The topological polar surface area (TPSA) is 46.5 Å². The van der Waals surface area contributed by atoms with Gasteiger partial charge in [0.1, 0.15) is 5.60 Å². The molecule has 7 atom stereocenters. The van der Waals surface area contributed by atoms with Crippen molar-refractivity contribution in [1.29, 1.82) is 0 Å². The first-order valence-corrected chi connectivity index (χ1v) is 10.8. The van der Waals surface area contributed by atoms with Crippen LogP contribution in [0.2, 0.25) is 0 Å². The maximum absolute atomic E-state index is 12.0. The quantitative estimate of drug-likeness (QED) is 0.501. The van der Waals surface area contributed by atoms with Gasteiger partial charge in [0.25, 0.3) is 0 Å². The fraction of sp³-hybridized carbons (Fsp3) is 0.870. The van der Waals surface area contributed by atoms with Crippen LogP contribution >= 0.6 is 0 Å². The van der Waals surface area contributed by atoms with E-state index in [4.69, 9.17) is 4.74 Å². The van der Waals surface area contributed by atoms with Crippen LogP contribution in [0, 0.1) is 28.1 Å². The van der Waals surface area contributed by atoms with Gasteiger partial charge in [0, 0.05) is 11.8 Å². The highest BCUT2D eigenvalue weighted by Crippen LogP contribution is 2.73. The molecule has 0 bridgehead atoms. The number of aliphatic hydroxyl groups is 1. The lowest BCUT2D eigenvalue weighted by Crippen LogP contribution is -2.59. The summed E-state index contributed by atoms with van der Waals surface area (Å²) in [5, 5.41) is 10.2. The molecule has 1 N–H and O–H groups in total. The molecule has 1 aliphatic heterocycles. The number of allylic oxidation sites excluding steroid dienone is 1. The molecular formula is C23H34O3. The summed E-state index contributed by atoms with van der Waals surface area (Å²) in [7, 11) is 0. The first-order chi connectivity index (χ1) is 12.2. The third-order valence-electron chi connectivity index (χ3n) is 9.98. The SMILES string of the molecule is CC12CCC(O)CC1=CCC1(C)C2CCC2(C)C1CCC21CCC(=O)O1. The van der Waals surface area contributed by atoms with Gasteiger partial charge in [-0.15, -0.1) is 0 Å². The standard InChI is InChI=1S/C23H34O3/c1-20-10-5-16(24)14-15(20)4-9-21(2)17(20)6-11-22(3)18(21)7-12-23(22)13-8-19(25)26-23/h4,16-18,24H,5-14H2,1-3H3. The van der Waals surface area contributed by atoms with Crippen molar-refractivity contribution in [3.8, 4) is 0 Å². The Morgan fingerprint density at radius 1 is 1.04 bits per heavy atom. The minimum Gasteiger partial charge on any atom is -0.458 e. The molecule has 4 aliphatic carbocycles. The molecule has 144 valence electrons. The highest BCUT2D eigenvalue weighted by molar-refractivity contribution is 5.72. The molecule has 5 aliphatic rings. The molecule has 3 nitrogen and oxygen atoms in total. The predicted molar refractivity (Wildman–Crippen MR) is 100 cm³/mol. The molecular weight excluding hydrogens is 324 g/mol. The van der Waals surface area contributed by atoms with Crippen LogP contribution in [0.5, 0.6) is 0 Å².